The Morgan fingerprint density at radius 3 is 2.30 bits per heavy atom. The predicted octanol–water partition coefficient (Wildman–Crippen LogP) is 3.75. The van der Waals surface area contributed by atoms with E-state index in [9.17, 15) is 9.90 Å². The lowest BCUT2D eigenvalue weighted by atomic mass is 9.74. The van der Waals surface area contributed by atoms with E-state index in [0.717, 1.165) is 18.4 Å². The smallest absolute Gasteiger partial charge is 0.411 e. The number of hydrogen-bond acceptors (Lipinski definition) is 3. The Hall–Kier alpha value is -1.55. The average Bonchev–Trinajstić information content (AvgIpc) is 3.08. The van der Waals surface area contributed by atoms with Gasteiger partial charge in [0.2, 0.25) is 0 Å². The molecule has 126 valence electrons. The molecule has 4 heteroatoms. The summed E-state index contributed by atoms with van der Waals surface area (Å²) in [5, 5.41) is 10.8. The Morgan fingerprint density at radius 2 is 1.74 bits per heavy atom. The van der Waals surface area contributed by atoms with Crippen molar-refractivity contribution in [2.24, 2.45) is 11.8 Å². The average molecular weight is 317 g/mol. The predicted molar refractivity (Wildman–Crippen MR) is 88.9 cm³/mol. The van der Waals surface area contributed by atoms with Crippen LogP contribution in [-0.4, -0.2) is 33.8 Å². The number of aliphatic hydroxyl groups is 1. The molecular formula is C19H27NO3. The largest absolute Gasteiger partial charge is 0.440 e. The van der Waals surface area contributed by atoms with Gasteiger partial charge in [0, 0.05) is 0 Å². The highest BCUT2D eigenvalue weighted by atomic mass is 16.6. The Balaban J connectivity index is 1.91. The van der Waals surface area contributed by atoms with Gasteiger partial charge < -0.3 is 9.84 Å². The molecule has 23 heavy (non-hydrogen) atoms. The van der Waals surface area contributed by atoms with Crippen LogP contribution in [0.25, 0.3) is 0 Å². The summed E-state index contributed by atoms with van der Waals surface area (Å²) < 4.78 is 5.93. The summed E-state index contributed by atoms with van der Waals surface area (Å²) in [5.74, 6) is 0.489. The van der Waals surface area contributed by atoms with E-state index in [1.807, 2.05) is 35.2 Å². The van der Waals surface area contributed by atoms with Gasteiger partial charge in [0.15, 0.2) is 0 Å². The Bertz CT molecular complexity index is 561. The fraction of sp³-hybridized carbons (Fsp3) is 0.632. The zero-order valence-corrected chi connectivity index (χ0v) is 14.4. The van der Waals surface area contributed by atoms with Crippen molar-refractivity contribution in [2.75, 3.05) is 0 Å². The molecule has 1 unspecified atom stereocenters. The highest BCUT2D eigenvalue weighted by Crippen LogP contribution is 2.49. The van der Waals surface area contributed by atoms with Crippen molar-refractivity contribution in [3.05, 3.63) is 35.9 Å². The molecule has 1 amide bonds. The van der Waals surface area contributed by atoms with Crippen molar-refractivity contribution >= 4 is 6.09 Å². The quantitative estimate of drug-likeness (QED) is 0.920. The second-order valence-corrected chi connectivity index (χ2v) is 7.45. The van der Waals surface area contributed by atoms with Gasteiger partial charge in [-0.3, -0.25) is 4.90 Å². The molecular weight excluding hydrogens is 290 g/mol. The number of carbonyl (C=O) groups excluding carboxylic acids is 1. The Morgan fingerprint density at radius 1 is 1.13 bits per heavy atom. The van der Waals surface area contributed by atoms with Crippen LogP contribution >= 0.6 is 0 Å². The minimum Gasteiger partial charge on any atom is -0.440 e. The first-order chi connectivity index (χ1) is 10.9. The molecule has 2 saturated heterocycles. The zero-order chi connectivity index (χ0) is 16.8. The summed E-state index contributed by atoms with van der Waals surface area (Å²) in [7, 11) is 0. The second kappa shape index (κ2) is 5.82. The fourth-order valence-electron chi connectivity index (χ4n) is 4.67. The molecule has 2 heterocycles. The van der Waals surface area contributed by atoms with Crippen LogP contribution in [0.5, 0.6) is 0 Å². The topological polar surface area (TPSA) is 49.8 Å². The van der Waals surface area contributed by atoms with Crippen molar-refractivity contribution in [2.45, 2.75) is 64.3 Å². The van der Waals surface area contributed by atoms with Crippen LogP contribution in [0, 0.1) is 11.8 Å². The minimum absolute atomic E-state index is 0.0540. The molecule has 1 N–H and O–H groups in total. The highest BCUT2D eigenvalue weighted by molar-refractivity contribution is 5.73. The number of fused-ring (bicyclic) bond motifs is 1. The molecule has 0 radical (unpaired) electrons. The van der Waals surface area contributed by atoms with Crippen LogP contribution < -0.4 is 0 Å². The summed E-state index contributed by atoms with van der Waals surface area (Å²) in [6.45, 7) is 8.49. The first-order valence-electron chi connectivity index (χ1n) is 8.64. The van der Waals surface area contributed by atoms with E-state index >= 15 is 0 Å². The molecule has 0 spiro atoms. The molecule has 4 nitrogen and oxygen atoms in total. The van der Waals surface area contributed by atoms with Crippen LogP contribution in [0.3, 0.4) is 0 Å². The van der Waals surface area contributed by atoms with E-state index in [1.165, 1.54) is 0 Å². The lowest BCUT2D eigenvalue weighted by Gasteiger charge is -2.39. The van der Waals surface area contributed by atoms with Crippen LogP contribution in [0.1, 0.15) is 52.2 Å². The first-order valence-corrected chi connectivity index (χ1v) is 8.64. The molecule has 0 aromatic heterocycles. The molecule has 2 aliphatic rings. The lowest BCUT2D eigenvalue weighted by molar-refractivity contribution is -0.0442. The number of hydrogen-bond donors (Lipinski definition) is 1. The minimum atomic E-state index is -0.663. The first kappa shape index (κ1) is 16.3. The normalized spacial score (nSPS) is 27.4. The van der Waals surface area contributed by atoms with Crippen molar-refractivity contribution in [1.29, 1.82) is 0 Å². The van der Waals surface area contributed by atoms with Crippen LogP contribution in [0.4, 0.5) is 4.79 Å². The van der Waals surface area contributed by atoms with Crippen molar-refractivity contribution in [3.8, 4) is 0 Å². The van der Waals surface area contributed by atoms with Crippen LogP contribution in [-0.2, 0) is 4.74 Å². The van der Waals surface area contributed by atoms with Gasteiger partial charge in [-0.2, -0.15) is 0 Å². The second-order valence-electron chi connectivity index (χ2n) is 7.45. The monoisotopic (exact) mass is 317 g/mol. The maximum absolute atomic E-state index is 12.6. The Labute approximate surface area is 138 Å². The molecule has 2 aliphatic heterocycles. The molecule has 0 saturated carbocycles. The molecule has 3 rings (SSSR count). The number of aliphatic hydroxyl groups excluding tert-OH is 1. The maximum atomic E-state index is 12.6. The number of nitrogens with zero attached hydrogens (tertiary/aromatic N) is 1. The number of cyclic esters (lactones) is 1. The molecule has 2 fully saturated rings. The maximum Gasteiger partial charge on any atom is 0.411 e. The number of amides is 1. The third kappa shape index (κ3) is 2.35. The molecule has 3 atom stereocenters. The van der Waals surface area contributed by atoms with Gasteiger partial charge in [-0.25, -0.2) is 4.79 Å². The summed E-state index contributed by atoms with van der Waals surface area (Å²) in [6.07, 6.45) is 0.770. The summed E-state index contributed by atoms with van der Waals surface area (Å²) in [6, 6.07) is 9.45. The van der Waals surface area contributed by atoms with Gasteiger partial charge in [-0.15, -0.1) is 0 Å². The van der Waals surface area contributed by atoms with E-state index < -0.39 is 11.7 Å². The van der Waals surface area contributed by atoms with E-state index in [4.69, 9.17) is 4.74 Å². The van der Waals surface area contributed by atoms with Gasteiger partial charge in [-0.05, 0) is 30.2 Å². The van der Waals surface area contributed by atoms with E-state index in [-0.39, 0.29) is 30.0 Å². The standard InChI is InChI=1S/C19H27NO3/c1-12(2)19(13(3)4)16-11-10-15(20(16)18(22)23-19)17(21)14-8-6-5-7-9-14/h5-9,12-13,15-17,21H,10-11H2,1-4H3/t15-,16+,17?/m1/s1. The van der Waals surface area contributed by atoms with Crippen LogP contribution in [0.2, 0.25) is 0 Å². The molecule has 0 bridgehead atoms. The van der Waals surface area contributed by atoms with Gasteiger partial charge in [0.1, 0.15) is 5.60 Å². The molecule has 1 aromatic carbocycles. The van der Waals surface area contributed by atoms with Gasteiger partial charge >= 0.3 is 6.09 Å². The zero-order valence-electron chi connectivity index (χ0n) is 14.4. The van der Waals surface area contributed by atoms with Crippen LogP contribution in [0.15, 0.2) is 30.3 Å². The van der Waals surface area contributed by atoms with E-state index in [0.29, 0.717) is 0 Å². The third-order valence-electron chi connectivity index (χ3n) is 5.73. The van der Waals surface area contributed by atoms with E-state index in [2.05, 4.69) is 27.7 Å². The SMILES string of the molecule is CC(C)C1(C(C)C)OC(=O)N2[C@@H](C(O)c3ccccc3)CC[C@H]21. The number of ether oxygens (including phenoxy) is 1. The van der Waals surface area contributed by atoms with Crippen molar-refractivity contribution < 1.29 is 14.6 Å². The fourth-order valence-corrected chi connectivity index (χ4v) is 4.67. The molecule has 0 aliphatic carbocycles. The number of carbonyl (C=O) groups is 1. The third-order valence-corrected chi connectivity index (χ3v) is 5.73. The summed E-state index contributed by atoms with van der Waals surface area (Å²) in [4.78, 5) is 14.4. The number of benzene rings is 1. The lowest BCUT2D eigenvalue weighted by Crippen LogP contribution is -2.51. The summed E-state index contributed by atoms with van der Waals surface area (Å²) in [5.41, 5.74) is 0.403. The van der Waals surface area contributed by atoms with Crippen molar-refractivity contribution in [3.63, 3.8) is 0 Å². The van der Waals surface area contributed by atoms with Gasteiger partial charge in [-0.1, -0.05) is 58.0 Å². The van der Waals surface area contributed by atoms with Gasteiger partial charge in [0.25, 0.3) is 0 Å². The Kier molecular flexibility index (Phi) is 4.13. The van der Waals surface area contributed by atoms with E-state index in [1.54, 1.807) is 0 Å². The summed E-state index contributed by atoms with van der Waals surface area (Å²) >= 11 is 0. The van der Waals surface area contributed by atoms with Crippen molar-refractivity contribution in [1.82, 2.24) is 4.90 Å². The number of rotatable bonds is 4. The highest BCUT2D eigenvalue weighted by Gasteiger charge is 2.62. The van der Waals surface area contributed by atoms with Gasteiger partial charge in [0.05, 0.1) is 18.2 Å². The molecule has 1 aromatic rings.